The lowest BCUT2D eigenvalue weighted by molar-refractivity contribution is -0.134. The van der Waals surface area contributed by atoms with E-state index in [0.717, 1.165) is 36.3 Å². The van der Waals surface area contributed by atoms with E-state index in [1.165, 1.54) is 51.4 Å². The zero-order valence-electron chi connectivity index (χ0n) is 15.7. The van der Waals surface area contributed by atoms with Crippen molar-refractivity contribution in [3.63, 3.8) is 0 Å². The maximum atomic E-state index is 12.2. The number of hydrogen-bond donors (Lipinski definition) is 2. The van der Waals surface area contributed by atoms with Crippen LogP contribution >= 0.6 is 22.6 Å². The van der Waals surface area contributed by atoms with Crippen LogP contribution in [0.5, 0.6) is 0 Å². The van der Waals surface area contributed by atoms with E-state index < -0.39 is 0 Å². The molecular weight excluding hydrogens is 423 g/mol. The molecule has 0 spiro atoms. The van der Waals surface area contributed by atoms with Crippen molar-refractivity contribution in [1.82, 2.24) is 10.6 Å². The Balaban J connectivity index is 1.40. The second-order valence-electron chi connectivity index (χ2n) is 10.3. The number of carbonyl (C=O) groups is 1. The van der Waals surface area contributed by atoms with Crippen LogP contribution < -0.4 is 10.6 Å². The Hall–Kier alpha value is 0.160. The van der Waals surface area contributed by atoms with Crippen LogP contribution in [0.25, 0.3) is 0 Å². The molecule has 0 aromatic rings. The van der Waals surface area contributed by atoms with Crippen LogP contribution in [0.15, 0.2) is 0 Å². The minimum Gasteiger partial charge on any atom is -0.352 e. The lowest BCUT2D eigenvalue weighted by Crippen LogP contribution is -2.63. The van der Waals surface area contributed by atoms with Gasteiger partial charge in [-0.2, -0.15) is 0 Å². The molecule has 4 heteroatoms. The summed E-state index contributed by atoms with van der Waals surface area (Å²) < 4.78 is 0.166. The highest BCUT2D eigenvalue weighted by atomic mass is 127. The molecule has 3 nitrogen and oxygen atoms in total. The maximum absolute atomic E-state index is 12.2. The Morgan fingerprint density at radius 1 is 1.00 bits per heavy atom. The maximum Gasteiger partial charge on any atom is 0.233 e. The van der Waals surface area contributed by atoms with Gasteiger partial charge in [-0.1, -0.05) is 36.4 Å². The highest BCUT2D eigenvalue weighted by Gasteiger charge is 2.61. The van der Waals surface area contributed by atoms with E-state index >= 15 is 0 Å². The molecule has 1 heterocycles. The first-order valence-electron chi connectivity index (χ1n) is 10.6. The molecule has 4 saturated carbocycles. The van der Waals surface area contributed by atoms with Gasteiger partial charge in [0.25, 0.3) is 0 Å². The van der Waals surface area contributed by atoms with Crippen molar-refractivity contribution in [1.29, 1.82) is 0 Å². The van der Waals surface area contributed by atoms with Crippen molar-refractivity contribution < 1.29 is 4.79 Å². The third-order valence-corrected chi connectivity index (χ3v) is 10.1. The summed E-state index contributed by atoms with van der Waals surface area (Å²) in [6.07, 6.45) is 12.1. The van der Waals surface area contributed by atoms with Crippen LogP contribution in [0.1, 0.15) is 71.6 Å². The number of halogens is 1. The van der Waals surface area contributed by atoms with Gasteiger partial charge in [0, 0.05) is 18.1 Å². The largest absolute Gasteiger partial charge is 0.352 e. The van der Waals surface area contributed by atoms with E-state index in [4.69, 9.17) is 0 Å². The number of carbonyl (C=O) groups excluding carboxylic acids is 1. The first kappa shape index (κ1) is 17.3. The fraction of sp³-hybridized carbons (Fsp3) is 0.952. The van der Waals surface area contributed by atoms with Gasteiger partial charge in [-0.15, -0.1) is 0 Å². The van der Waals surface area contributed by atoms with Crippen molar-refractivity contribution in [2.24, 2.45) is 28.6 Å². The molecular formula is C21H33IN2O. The van der Waals surface area contributed by atoms with Crippen molar-refractivity contribution in [3.05, 3.63) is 0 Å². The van der Waals surface area contributed by atoms with Crippen LogP contribution in [-0.4, -0.2) is 28.0 Å². The minimum atomic E-state index is 0.166. The number of fused-ring (bicyclic) bond motifs is 5. The van der Waals surface area contributed by atoms with Gasteiger partial charge >= 0.3 is 0 Å². The van der Waals surface area contributed by atoms with Crippen LogP contribution in [-0.2, 0) is 4.79 Å². The number of piperidine rings is 1. The lowest BCUT2D eigenvalue weighted by Gasteiger charge is -2.60. The Morgan fingerprint density at radius 2 is 1.76 bits per heavy atom. The number of alkyl halides is 1. The van der Waals surface area contributed by atoms with Crippen LogP contribution in [0.3, 0.4) is 0 Å². The molecule has 5 fully saturated rings. The van der Waals surface area contributed by atoms with Gasteiger partial charge in [-0.05, 0) is 86.4 Å². The third-order valence-electron chi connectivity index (χ3n) is 9.10. The standard InChI is InChI=1S/C21H33IN2O/c1-20-10-9-15-13(14(20)6-8-17(20)23-12-3-4-12)5-7-18-21(15,2)11-16(22)19(25)24-18/h12-18,23H,3-11H2,1-2H3,(H,24,25)/t13-,14-,15-,16+,17-,18+,20-,21+/m0/s1. The summed E-state index contributed by atoms with van der Waals surface area (Å²) in [4.78, 5) is 12.2. The Bertz CT molecular complexity index is 578. The van der Waals surface area contributed by atoms with Crippen LogP contribution in [0.4, 0.5) is 0 Å². The quantitative estimate of drug-likeness (QED) is 0.487. The molecule has 8 atom stereocenters. The monoisotopic (exact) mass is 456 g/mol. The zero-order valence-corrected chi connectivity index (χ0v) is 17.8. The molecule has 1 amide bonds. The Morgan fingerprint density at radius 3 is 2.52 bits per heavy atom. The summed E-state index contributed by atoms with van der Waals surface area (Å²) in [5.41, 5.74) is 0.848. The molecule has 1 aliphatic heterocycles. The number of nitrogens with one attached hydrogen (secondary N) is 2. The molecule has 4 aliphatic carbocycles. The second-order valence-corrected chi connectivity index (χ2v) is 11.8. The van der Waals surface area contributed by atoms with Gasteiger partial charge in [0.2, 0.25) is 5.91 Å². The van der Waals surface area contributed by atoms with E-state index in [9.17, 15) is 4.79 Å². The first-order valence-corrected chi connectivity index (χ1v) is 11.9. The average Bonchev–Trinajstić information content (AvgIpc) is 3.32. The van der Waals surface area contributed by atoms with Crippen molar-refractivity contribution in [3.8, 4) is 0 Å². The molecule has 1 saturated heterocycles. The summed E-state index contributed by atoms with van der Waals surface area (Å²) in [5.74, 6) is 2.91. The van der Waals surface area contributed by atoms with Gasteiger partial charge < -0.3 is 10.6 Å². The Labute approximate surface area is 166 Å². The van der Waals surface area contributed by atoms with Gasteiger partial charge in [0.05, 0.1) is 3.92 Å². The smallest absolute Gasteiger partial charge is 0.233 e. The molecule has 140 valence electrons. The fourth-order valence-corrected chi connectivity index (χ4v) is 8.66. The first-order chi connectivity index (χ1) is 11.9. The van der Waals surface area contributed by atoms with Gasteiger partial charge in [-0.3, -0.25) is 4.79 Å². The summed E-state index contributed by atoms with van der Waals surface area (Å²) in [5, 5.41) is 7.40. The molecule has 0 radical (unpaired) electrons. The predicted octanol–water partition coefficient (Wildman–Crippen LogP) is 4.04. The van der Waals surface area contributed by atoms with E-state index in [-0.39, 0.29) is 9.83 Å². The van der Waals surface area contributed by atoms with Crippen LogP contribution in [0.2, 0.25) is 0 Å². The topological polar surface area (TPSA) is 41.1 Å². The second kappa shape index (κ2) is 5.83. The molecule has 0 aromatic carbocycles. The lowest BCUT2D eigenvalue weighted by atomic mass is 9.47. The summed E-state index contributed by atoms with van der Waals surface area (Å²) in [6, 6.07) is 2.03. The number of rotatable bonds is 2. The van der Waals surface area contributed by atoms with Crippen molar-refractivity contribution >= 4 is 28.5 Å². The molecule has 5 rings (SSSR count). The molecule has 25 heavy (non-hydrogen) atoms. The molecule has 0 aromatic heterocycles. The Kier molecular flexibility index (Phi) is 4.03. The molecule has 0 unspecified atom stereocenters. The molecule has 5 aliphatic rings. The average molecular weight is 456 g/mol. The predicted molar refractivity (Wildman–Crippen MR) is 109 cm³/mol. The van der Waals surface area contributed by atoms with Crippen molar-refractivity contribution in [2.45, 2.75) is 93.7 Å². The van der Waals surface area contributed by atoms with Crippen molar-refractivity contribution in [2.75, 3.05) is 0 Å². The zero-order chi connectivity index (χ0) is 17.4. The number of amides is 1. The van der Waals surface area contributed by atoms with Crippen LogP contribution in [0, 0.1) is 28.6 Å². The number of hydrogen-bond acceptors (Lipinski definition) is 2. The minimum absolute atomic E-state index is 0.166. The van der Waals surface area contributed by atoms with E-state index in [1.807, 2.05) is 0 Å². The highest BCUT2D eigenvalue weighted by molar-refractivity contribution is 14.1. The fourth-order valence-electron chi connectivity index (χ4n) is 7.54. The van der Waals surface area contributed by atoms with E-state index in [1.54, 1.807) is 0 Å². The highest BCUT2D eigenvalue weighted by Crippen LogP contribution is 2.64. The SMILES string of the molecule is C[C@]12C[C@@H](I)C(=O)N[C@@H]1CC[C@@H]1[C@@H]2CC[C@]2(C)[C@@H](NC3CC3)CC[C@@H]12. The summed E-state index contributed by atoms with van der Waals surface area (Å²) in [6.45, 7) is 5.12. The molecule has 0 bridgehead atoms. The van der Waals surface area contributed by atoms with E-state index in [2.05, 4.69) is 47.1 Å². The van der Waals surface area contributed by atoms with Gasteiger partial charge in [0.15, 0.2) is 0 Å². The normalized spacial score (nSPS) is 55.1. The third kappa shape index (κ3) is 2.55. The van der Waals surface area contributed by atoms with Gasteiger partial charge in [0.1, 0.15) is 0 Å². The van der Waals surface area contributed by atoms with E-state index in [0.29, 0.717) is 16.9 Å². The summed E-state index contributed by atoms with van der Waals surface area (Å²) in [7, 11) is 0. The summed E-state index contributed by atoms with van der Waals surface area (Å²) >= 11 is 2.38. The van der Waals surface area contributed by atoms with Gasteiger partial charge in [-0.25, -0.2) is 0 Å². The molecule has 2 N–H and O–H groups in total.